The highest BCUT2D eigenvalue weighted by atomic mass is 79.9. The van der Waals surface area contributed by atoms with Gasteiger partial charge in [-0.1, -0.05) is 39.1 Å². The predicted molar refractivity (Wildman–Crippen MR) is 85.0 cm³/mol. The Bertz CT molecular complexity index is 578. The molecule has 2 rings (SSSR count). The lowest BCUT2D eigenvalue weighted by molar-refractivity contribution is 0.248. The number of nitrogens with zero attached hydrogens (tertiary/aromatic N) is 1. The first kappa shape index (κ1) is 16.5. The van der Waals surface area contributed by atoms with Crippen LogP contribution in [0.1, 0.15) is 12.8 Å². The molecule has 20 heavy (non-hydrogen) atoms. The van der Waals surface area contributed by atoms with E-state index in [1.807, 2.05) is 7.05 Å². The van der Waals surface area contributed by atoms with Crippen molar-refractivity contribution in [3.8, 4) is 0 Å². The smallest absolute Gasteiger partial charge is 0.243 e. The zero-order chi connectivity index (χ0) is 14.9. The zero-order valence-corrected chi connectivity index (χ0v) is 14.8. The molecule has 0 spiro atoms. The summed E-state index contributed by atoms with van der Waals surface area (Å²) in [4.78, 5) is 2.12. The van der Waals surface area contributed by atoms with Crippen molar-refractivity contribution in [2.45, 2.75) is 23.8 Å². The van der Waals surface area contributed by atoms with Gasteiger partial charge in [0.2, 0.25) is 10.0 Å². The van der Waals surface area contributed by atoms with Crippen molar-refractivity contribution in [2.75, 3.05) is 20.1 Å². The van der Waals surface area contributed by atoms with Crippen LogP contribution in [0, 0.1) is 0 Å². The molecule has 8 heteroatoms. The molecule has 4 nitrogen and oxygen atoms in total. The maximum atomic E-state index is 12.4. The van der Waals surface area contributed by atoms with Gasteiger partial charge in [0, 0.05) is 10.5 Å². The fourth-order valence-corrected chi connectivity index (χ4v) is 5.43. The minimum absolute atomic E-state index is 0.0528. The van der Waals surface area contributed by atoms with E-state index in [1.165, 1.54) is 12.1 Å². The van der Waals surface area contributed by atoms with E-state index in [2.05, 4.69) is 25.6 Å². The Morgan fingerprint density at radius 1 is 1.25 bits per heavy atom. The summed E-state index contributed by atoms with van der Waals surface area (Å²) >= 11 is 15.3. The van der Waals surface area contributed by atoms with E-state index in [0.29, 0.717) is 4.47 Å². The number of benzene rings is 1. The Kier molecular flexibility index (Phi) is 5.37. The summed E-state index contributed by atoms with van der Waals surface area (Å²) in [6.45, 7) is 1.74. The number of nitrogens with one attached hydrogen (secondary N) is 1. The van der Waals surface area contributed by atoms with Crippen molar-refractivity contribution in [3.05, 3.63) is 26.7 Å². The highest BCUT2D eigenvalue weighted by molar-refractivity contribution is 9.10. The highest BCUT2D eigenvalue weighted by Crippen LogP contribution is 2.33. The third-order valence-corrected chi connectivity index (χ3v) is 6.17. The molecule has 0 saturated carbocycles. The molecule has 0 atom stereocenters. The summed E-state index contributed by atoms with van der Waals surface area (Å²) < 4.78 is 28.2. The lowest BCUT2D eigenvalue weighted by Gasteiger charge is -2.29. The Morgan fingerprint density at radius 3 is 2.25 bits per heavy atom. The molecule has 1 fully saturated rings. The van der Waals surface area contributed by atoms with Gasteiger partial charge in [0.05, 0.1) is 10.0 Å². The van der Waals surface area contributed by atoms with Crippen molar-refractivity contribution >= 4 is 49.2 Å². The van der Waals surface area contributed by atoms with Crippen molar-refractivity contribution in [1.29, 1.82) is 0 Å². The van der Waals surface area contributed by atoms with E-state index in [-0.39, 0.29) is 21.0 Å². The van der Waals surface area contributed by atoms with Gasteiger partial charge >= 0.3 is 0 Å². The monoisotopic (exact) mass is 400 g/mol. The largest absolute Gasteiger partial charge is 0.306 e. The Morgan fingerprint density at radius 2 is 1.75 bits per heavy atom. The van der Waals surface area contributed by atoms with Crippen molar-refractivity contribution < 1.29 is 8.42 Å². The van der Waals surface area contributed by atoms with Gasteiger partial charge in [-0.25, -0.2) is 13.1 Å². The summed E-state index contributed by atoms with van der Waals surface area (Å²) in [7, 11) is -1.69. The molecule has 1 N–H and O–H groups in total. The molecule has 0 radical (unpaired) electrons. The lowest BCUT2D eigenvalue weighted by atomic mass is 10.1. The molecular formula is C12H15BrCl2N2O2S. The zero-order valence-electron chi connectivity index (χ0n) is 10.9. The third-order valence-electron chi connectivity index (χ3n) is 3.27. The topological polar surface area (TPSA) is 49.4 Å². The lowest BCUT2D eigenvalue weighted by Crippen LogP contribution is -2.43. The Balaban J connectivity index is 2.23. The molecule has 112 valence electrons. The molecule has 1 aliphatic heterocycles. The Hall–Kier alpha value is 0.150. The van der Waals surface area contributed by atoms with Crippen LogP contribution in [0.3, 0.4) is 0 Å². The number of piperidine rings is 1. The van der Waals surface area contributed by atoms with Gasteiger partial charge in [0.25, 0.3) is 0 Å². The van der Waals surface area contributed by atoms with Crippen LogP contribution in [-0.2, 0) is 10.0 Å². The molecule has 0 aliphatic carbocycles. The van der Waals surface area contributed by atoms with Crippen LogP contribution in [0.15, 0.2) is 21.5 Å². The summed E-state index contributed by atoms with van der Waals surface area (Å²) in [5, 5.41) is 0.231. The molecule has 1 aliphatic rings. The second-order valence-corrected chi connectivity index (χ2v) is 8.28. The van der Waals surface area contributed by atoms with E-state index in [0.717, 1.165) is 25.9 Å². The minimum Gasteiger partial charge on any atom is -0.306 e. The van der Waals surface area contributed by atoms with Crippen LogP contribution < -0.4 is 4.72 Å². The predicted octanol–water partition coefficient (Wildman–Crippen LogP) is 3.13. The van der Waals surface area contributed by atoms with E-state index in [4.69, 9.17) is 23.2 Å². The number of halogens is 3. The van der Waals surface area contributed by atoms with Gasteiger partial charge in [-0.05, 0) is 45.1 Å². The summed E-state index contributed by atoms with van der Waals surface area (Å²) in [6.07, 6.45) is 1.56. The highest BCUT2D eigenvalue weighted by Gasteiger charge is 2.27. The average Bonchev–Trinajstić information content (AvgIpc) is 2.30. The number of rotatable bonds is 3. The quantitative estimate of drug-likeness (QED) is 0.846. The van der Waals surface area contributed by atoms with Gasteiger partial charge in [0.15, 0.2) is 0 Å². The van der Waals surface area contributed by atoms with Gasteiger partial charge < -0.3 is 4.90 Å². The van der Waals surface area contributed by atoms with Gasteiger partial charge in [-0.2, -0.15) is 0 Å². The van der Waals surface area contributed by atoms with E-state index in [9.17, 15) is 8.42 Å². The maximum absolute atomic E-state index is 12.4. The van der Waals surface area contributed by atoms with Crippen LogP contribution in [-0.4, -0.2) is 39.5 Å². The van der Waals surface area contributed by atoms with E-state index < -0.39 is 10.0 Å². The van der Waals surface area contributed by atoms with Crippen LogP contribution >= 0.6 is 39.1 Å². The normalized spacial score (nSPS) is 18.4. The molecule has 0 aromatic heterocycles. The van der Waals surface area contributed by atoms with Crippen molar-refractivity contribution in [2.24, 2.45) is 0 Å². The molecule has 1 saturated heterocycles. The minimum atomic E-state index is -3.71. The van der Waals surface area contributed by atoms with Crippen LogP contribution in [0.5, 0.6) is 0 Å². The van der Waals surface area contributed by atoms with Crippen molar-refractivity contribution in [1.82, 2.24) is 9.62 Å². The second kappa shape index (κ2) is 6.50. The summed E-state index contributed by atoms with van der Waals surface area (Å²) in [6, 6.07) is 2.97. The molecule has 0 bridgehead atoms. The molecular weight excluding hydrogens is 387 g/mol. The molecule has 0 amide bonds. The van der Waals surface area contributed by atoms with Crippen LogP contribution in [0.25, 0.3) is 0 Å². The molecule has 1 heterocycles. The average molecular weight is 402 g/mol. The number of hydrogen-bond acceptors (Lipinski definition) is 3. The van der Waals surface area contributed by atoms with Gasteiger partial charge in [-0.3, -0.25) is 0 Å². The summed E-state index contributed by atoms with van der Waals surface area (Å²) in [5.74, 6) is 0. The Labute approximate surface area is 137 Å². The second-order valence-electron chi connectivity index (χ2n) is 4.90. The maximum Gasteiger partial charge on any atom is 0.243 e. The standard InChI is InChI=1S/C12H15BrCl2N2O2S/c1-17-4-2-9(3-5-17)16-20(18,19)12-10(14)6-8(13)7-11(12)15/h6-7,9,16H,2-5H2,1H3. The van der Waals surface area contributed by atoms with Gasteiger partial charge in [-0.15, -0.1) is 0 Å². The fraction of sp³-hybridized carbons (Fsp3) is 0.500. The number of sulfonamides is 1. The van der Waals surface area contributed by atoms with Crippen LogP contribution in [0.2, 0.25) is 10.0 Å². The summed E-state index contributed by atoms with van der Waals surface area (Å²) in [5.41, 5.74) is 0. The number of likely N-dealkylation sites (tertiary alicyclic amines) is 1. The van der Waals surface area contributed by atoms with Crippen LogP contribution in [0.4, 0.5) is 0 Å². The first-order valence-corrected chi connectivity index (χ1v) is 9.18. The first-order chi connectivity index (χ1) is 9.29. The molecule has 1 aromatic carbocycles. The molecule has 0 unspecified atom stereocenters. The number of hydrogen-bond donors (Lipinski definition) is 1. The van der Waals surface area contributed by atoms with E-state index in [1.54, 1.807) is 0 Å². The van der Waals surface area contributed by atoms with E-state index >= 15 is 0 Å². The van der Waals surface area contributed by atoms with Crippen molar-refractivity contribution in [3.63, 3.8) is 0 Å². The molecule has 1 aromatic rings. The first-order valence-electron chi connectivity index (χ1n) is 6.15. The third kappa shape index (κ3) is 3.87. The SMILES string of the molecule is CN1CCC(NS(=O)(=O)c2c(Cl)cc(Br)cc2Cl)CC1. The fourth-order valence-electron chi connectivity index (χ4n) is 2.19. The van der Waals surface area contributed by atoms with Gasteiger partial charge in [0.1, 0.15) is 4.90 Å².